The lowest BCUT2D eigenvalue weighted by Crippen LogP contribution is -2.41. The number of halogens is 3. The smallest absolute Gasteiger partial charge is 0.231 e. The van der Waals surface area contributed by atoms with Gasteiger partial charge in [-0.25, -0.2) is 0 Å². The summed E-state index contributed by atoms with van der Waals surface area (Å²) in [6.45, 7) is 3.62. The molecule has 0 aromatic heterocycles. The minimum absolute atomic E-state index is 0.235. The van der Waals surface area contributed by atoms with E-state index >= 15 is 0 Å². The summed E-state index contributed by atoms with van der Waals surface area (Å²) in [7, 11) is 1.63. The lowest BCUT2D eigenvalue weighted by molar-refractivity contribution is 0.174. The number of benzene rings is 2. The average Bonchev–Trinajstić information content (AvgIpc) is 3.23. The molecule has 0 saturated carbocycles. The molecule has 0 amide bonds. The van der Waals surface area contributed by atoms with E-state index in [2.05, 4.69) is 24.0 Å². The third-order valence-corrected chi connectivity index (χ3v) is 6.77. The summed E-state index contributed by atoms with van der Waals surface area (Å²) in [5, 5.41) is 0. The van der Waals surface area contributed by atoms with E-state index in [1.165, 1.54) is 5.56 Å². The van der Waals surface area contributed by atoms with Crippen LogP contribution < -0.4 is 18.9 Å². The predicted octanol–water partition coefficient (Wildman–Crippen LogP) is 6.38. The number of alkyl halides is 3. The van der Waals surface area contributed by atoms with Crippen LogP contribution in [0, 0.1) is 0 Å². The minimum Gasteiger partial charge on any atom is -0.493 e. The molecule has 0 unspecified atom stereocenters. The fraction of sp³-hybridized carbons (Fsp3) is 0.417. The van der Waals surface area contributed by atoms with Crippen LogP contribution in [0.5, 0.6) is 23.0 Å². The Morgan fingerprint density at radius 1 is 1.16 bits per heavy atom. The Balaban J connectivity index is 1.69. The summed E-state index contributed by atoms with van der Waals surface area (Å²) in [6, 6.07) is 7.45. The van der Waals surface area contributed by atoms with Gasteiger partial charge in [-0.2, -0.15) is 0 Å². The predicted molar refractivity (Wildman–Crippen MR) is 127 cm³/mol. The normalized spacial score (nSPS) is 18.5. The topological polar surface area (TPSA) is 40.2 Å². The average molecular weight is 497 g/mol. The summed E-state index contributed by atoms with van der Waals surface area (Å²) in [4.78, 5) is 2.16. The molecule has 0 radical (unpaired) electrons. The van der Waals surface area contributed by atoms with Crippen LogP contribution in [0.25, 0.3) is 11.8 Å². The van der Waals surface area contributed by atoms with Gasteiger partial charge in [-0.05, 0) is 48.2 Å². The van der Waals surface area contributed by atoms with E-state index in [4.69, 9.17) is 53.8 Å². The summed E-state index contributed by atoms with van der Waals surface area (Å²) in [5.74, 6) is 2.79. The molecule has 2 aromatic carbocycles. The maximum atomic E-state index is 6.63. The molecule has 0 bridgehead atoms. The number of rotatable bonds is 5. The molecular formula is C24H24Cl3NO4. The third-order valence-electron chi connectivity index (χ3n) is 6.15. The van der Waals surface area contributed by atoms with Gasteiger partial charge in [-0.15, -0.1) is 0 Å². The summed E-state index contributed by atoms with van der Waals surface area (Å²) < 4.78 is 21.4. The molecule has 0 aliphatic carbocycles. The molecule has 32 heavy (non-hydrogen) atoms. The first-order chi connectivity index (χ1) is 15.4. The van der Waals surface area contributed by atoms with Gasteiger partial charge in [0.05, 0.1) is 13.7 Å². The quantitative estimate of drug-likeness (QED) is 0.355. The Morgan fingerprint density at radius 3 is 2.66 bits per heavy atom. The van der Waals surface area contributed by atoms with Crippen LogP contribution >= 0.6 is 34.8 Å². The molecule has 170 valence electrons. The van der Waals surface area contributed by atoms with Gasteiger partial charge in [0.15, 0.2) is 23.0 Å². The third kappa shape index (κ3) is 3.64. The highest BCUT2D eigenvalue weighted by Crippen LogP contribution is 2.56. The Labute approximate surface area is 202 Å². The van der Waals surface area contributed by atoms with Gasteiger partial charge >= 0.3 is 0 Å². The lowest BCUT2D eigenvalue weighted by Gasteiger charge is -2.45. The van der Waals surface area contributed by atoms with E-state index in [1.54, 1.807) is 7.11 Å². The van der Waals surface area contributed by atoms with E-state index in [1.807, 2.05) is 18.2 Å². The van der Waals surface area contributed by atoms with E-state index in [0.29, 0.717) is 24.7 Å². The molecule has 0 N–H and O–H groups in total. The van der Waals surface area contributed by atoms with Crippen LogP contribution in [-0.4, -0.2) is 35.7 Å². The summed E-state index contributed by atoms with van der Waals surface area (Å²) in [5.41, 5.74) is 5.04. The van der Waals surface area contributed by atoms with Crippen LogP contribution in [0.1, 0.15) is 48.1 Å². The van der Waals surface area contributed by atoms with Gasteiger partial charge in [0.25, 0.3) is 0 Å². The van der Waals surface area contributed by atoms with Gasteiger partial charge < -0.3 is 23.8 Å². The maximum Gasteiger partial charge on any atom is 0.231 e. The number of unbranched alkanes of at least 4 members (excludes halogenated alkanes) is 1. The Hall–Kier alpha value is -1.95. The highest BCUT2D eigenvalue weighted by Gasteiger charge is 2.46. The molecule has 3 aliphatic rings. The number of methoxy groups -OCH3 is 1. The van der Waals surface area contributed by atoms with Crippen LogP contribution in [-0.2, 0) is 6.42 Å². The molecule has 0 fully saturated rings. The van der Waals surface area contributed by atoms with E-state index in [0.717, 1.165) is 53.1 Å². The minimum atomic E-state index is -1.59. The van der Waals surface area contributed by atoms with E-state index < -0.39 is 9.83 Å². The van der Waals surface area contributed by atoms with Gasteiger partial charge in [0.1, 0.15) is 6.04 Å². The number of nitrogens with zero attached hydrogens (tertiary/aromatic N) is 1. The van der Waals surface area contributed by atoms with Crippen LogP contribution in [0.3, 0.4) is 0 Å². The first-order valence-electron chi connectivity index (χ1n) is 10.7. The van der Waals surface area contributed by atoms with Crippen molar-refractivity contribution in [1.29, 1.82) is 0 Å². The van der Waals surface area contributed by atoms with Crippen LogP contribution in [0.2, 0.25) is 0 Å². The highest BCUT2D eigenvalue weighted by atomic mass is 35.6. The molecule has 8 heteroatoms. The zero-order valence-corrected chi connectivity index (χ0v) is 20.2. The van der Waals surface area contributed by atoms with Gasteiger partial charge in [0, 0.05) is 23.4 Å². The lowest BCUT2D eigenvalue weighted by atomic mass is 9.86. The SMILES string of the molecule is CCCCOc1c(OC)ccc2c1[C@H](C(Cl)(Cl)Cl)N1CCc3cc4c(cc3C1=C2)OCO4. The van der Waals surface area contributed by atoms with Crippen molar-refractivity contribution in [3.8, 4) is 23.0 Å². The van der Waals surface area contributed by atoms with E-state index in [9.17, 15) is 0 Å². The monoisotopic (exact) mass is 495 g/mol. The molecule has 5 rings (SSSR count). The number of fused-ring (bicyclic) bond motifs is 5. The molecule has 2 aromatic rings. The number of ether oxygens (including phenoxy) is 4. The first kappa shape index (κ1) is 21.9. The van der Waals surface area contributed by atoms with Gasteiger partial charge in [0.2, 0.25) is 10.6 Å². The van der Waals surface area contributed by atoms with Crippen molar-refractivity contribution in [2.75, 3.05) is 27.1 Å². The maximum absolute atomic E-state index is 6.63. The van der Waals surface area contributed by atoms with Crippen molar-refractivity contribution in [3.63, 3.8) is 0 Å². The number of hydrogen-bond donors (Lipinski definition) is 0. The Bertz CT molecular complexity index is 1080. The molecule has 0 saturated heterocycles. The fourth-order valence-electron chi connectivity index (χ4n) is 4.65. The largest absolute Gasteiger partial charge is 0.493 e. The second-order valence-corrected chi connectivity index (χ2v) is 10.5. The van der Waals surface area contributed by atoms with Crippen molar-refractivity contribution in [2.24, 2.45) is 0 Å². The standard InChI is InChI=1S/C24H24Cl3NO4/c1-3-4-9-30-22-18(29-2)6-5-15-10-17-16-12-20-19(31-13-32-20)11-14(16)7-8-28(17)23(21(15)22)24(25,26)27/h5-6,10-12,23H,3-4,7-9,13H2,1-2H3/t23-/m1/s1. The second kappa shape index (κ2) is 8.44. The second-order valence-electron chi connectivity index (χ2n) is 8.08. The molecule has 1 atom stereocenters. The van der Waals surface area contributed by atoms with Gasteiger partial charge in [-0.3, -0.25) is 0 Å². The fourth-order valence-corrected chi connectivity index (χ4v) is 5.33. The van der Waals surface area contributed by atoms with Crippen molar-refractivity contribution < 1.29 is 18.9 Å². The van der Waals surface area contributed by atoms with Crippen molar-refractivity contribution in [3.05, 3.63) is 46.5 Å². The van der Waals surface area contributed by atoms with Crippen molar-refractivity contribution in [1.82, 2.24) is 4.90 Å². The molecule has 3 aliphatic heterocycles. The van der Waals surface area contributed by atoms with Crippen molar-refractivity contribution >= 4 is 46.6 Å². The molecular weight excluding hydrogens is 473 g/mol. The zero-order valence-electron chi connectivity index (χ0n) is 17.9. The zero-order chi connectivity index (χ0) is 22.5. The van der Waals surface area contributed by atoms with Crippen LogP contribution in [0.15, 0.2) is 24.3 Å². The Kier molecular flexibility index (Phi) is 5.77. The molecule has 3 heterocycles. The number of hydrogen-bond acceptors (Lipinski definition) is 5. The highest BCUT2D eigenvalue weighted by molar-refractivity contribution is 6.68. The summed E-state index contributed by atoms with van der Waals surface area (Å²) in [6.07, 6.45) is 4.88. The molecule has 0 spiro atoms. The summed E-state index contributed by atoms with van der Waals surface area (Å²) >= 11 is 19.9. The molecule has 5 nitrogen and oxygen atoms in total. The van der Waals surface area contributed by atoms with Gasteiger partial charge in [-0.1, -0.05) is 54.2 Å². The Morgan fingerprint density at radius 2 is 1.94 bits per heavy atom. The first-order valence-corrected chi connectivity index (χ1v) is 11.9. The van der Waals surface area contributed by atoms with Crippen molar-refractivity contribution in [2.45, 2.75) is 36.0 Å². The van der Waals surface area contributed by atoms with E-state index in [-0.39, 0.29) is 6.79 Å². The van der Waals surface area contributed by atoms with Crippen LogP contribution in [0.4, 0.5) is 0 Å².